The van der Waals surface area contributed by atoms with Crippen molar-refractivity contribution in [1.82, 2.24) is 0 Å². The van der Waals surface area contributed by atoms with Crippen molar-refractivity contribution in [2.75, 3.05) is 7.11 Å². The number of carboxylic acids is 1. The van der Waals surface area contributed by atoms with Gasteiger partial charge in [-0.05, 0) is 35.4 Å². The van der Waals surface area contributed by atoms with Gasteiger partial charge in [0.2, 0.25) is 0 Å². The predicted octanol–water partition coefficient (Wildman–Crippen LogP) is 0.0644. The smallest absolute Gasteiger partial charge is 0.497 e. The van der Waals surface area contributed by atoms with Crippen LogP contribution in [0.25, 0.3) is 11.1 Å². The van der Waals surface area contributed by atoms with Crippen LogP contribution >= 0.6 is 0 Å². The molecule has 4 heteroatoms. The normalized spacial score (nSPS) is 9.39. The van der Waals surface area contributed by atoms with E-state index in [2.05, 4.69) is 0 Å². The molecule has 0 radical (unpaired) electrons. The van der Waals surface area contributed by atoms with Crippen LogP contribution in [-0.2, 0) is 0 Å². The van der Waals surface area contributed by atoms with Gasteiger partial charge in [-0.25, -0.2) is 4.79 Å². The molecule has 0 bridgehead atoms. The van der Waals surface area contributed by atoms with Gasteiger partial charge in [-0.2, -0.15) is 0 Å². The summed E-state index contributed by atoms with van der Waals surface area (Å²) < 4.78 is 5.07. The van der Waals surface area contributed by atoms with Crippen molar-refractivity contribution in [1.29, 1.82) is 0 Å². The first-order valence-corrected chi connectivity index (χ1v) is 5.18. The van der Waals surface area contributed by atoms with Crippen LogP contribution in [0.15, 0.2) is 48.5 Å². The number of aromatic carboxylic acids is 1. The molecule has 0 fully saturated rings. The topological polar surface area (TPSA) is 46.5 Å². The molecule has 0 aliphatic carbocycles. The zero-order valence-electron chi connectivity index (χ0n) is 10.4. The Morgan fingerprint density at radius 3 is 2.28 bits per heavy atom. The molecule has 86 valence electrons. The fourth-order valence-corrected chi connectivity index (χ4v) is 1.62. The molecule has 0 aromatic heterocycles. The molecule has 0 amide bonds. The van der Waals surface area contributed by atoms with E-state index in [0.29, 0.717) is 5.56 Å². The van der Waals surface area contributed by atoms with Gasteiger partial charge < -0.3 is 9.84 Å². The monoisotopic (exact) mass is 251 g/mol. The molecule has 0 aliphatic heterocycles. The Morgan fingerprint density at radius 2 is 1.72 bits per heavy atom. The summed E-state index contributed by atoms with van der Waals surface area (Å²) in [4.78, 5) is 10.9. The van der Waals surface area contributed by atoms with E-state index in [9.17, 15) is 4.79 Å². The Labute approximate surface area is 128 Å². The van der Waals surface area contributed by atoms with Crippen LogP contribution in [0.5, 0.6) is 5.75 Å². The Hall–Kier alpha value is -1.29. The number of benzene rings is 2. The van der Waals surface area contributed by atoms with Crippen molar-refractivity contribution in [2.45, 2.75) is 0 Å². The van der Waals surface area contributed by atoms with Crippen LogP contribution < -0.4 is 34.3 Å². The molecule has 0 saturated carbocycles. The number of hydrogen-bond acceptors (Lipinski definition) is 2. The Morgan fingerprint density at radius 1 is 1.06 bits per heavy atom. The van der Waals surface area contributed by atoms with Gasteiger partial charge >= 0.3 is 35.5 Å². The summed E-state index contributed by atoms with van der Waals surface area (Å²) in [5, 5.41) is 8.92. The molecule has 18 heavy (non-hydrogen) atoms. The second kappa shape index (κ2) is 6.59. The largest absolute Gasteiger partial charge is 1.00 e. The van der Waals surface area contributed by atoms with Gasteiger partial charge in [-0.1, -0.05) is 24.3 Å². The first-order valence-electron chi connectivity index (χ1n) is 5.18. The van der Waals surface area contributed by atoms with Crippen LogP contribution in [0.4, 0.5) is 0 Å². The van der Waals surface area contributed by atoms with Gasteiger partial charge in [-0.3, -0.25) is 0 Å². The second-order valence-electron chi connectivity index (χ2n) is 3.61. The molecule has 0 aliphatic rings. The summed E-state index contributed by atoms with van der Waals surface area (Å²) in [5.41, 5.74) is 2.14. The first-order chi connectivity index (χ1) is 8.20. The van der Waals surface area contributed by atoms with E-state index in [0.717, 1.165) is 16.9 Å². The fraction of sp³-hybridized carbons (Fsp3) is 0.0714. The summed E-state index contributed by atoms with van der Waals surface area (Å²) in [6, 6.07) is 14.4. The summed E-state index contributed by atoms with van der Waals surface area (Å²) in [6.45, 7) is 0. The van der Waals surface area contributed by atoms with E-state index >= 15 is 0 Å². The van der Waals surface area contributed by atoms with Crippen molar-refractivity contribution in [3.63, 3.8) is 0 Å². The first kappa shape index (κ1) is 14.8. The minimum absolute atomic E-state index is 0. The summed E-state index contributed by atoms with van der Waals surface area (Å²) in [6.07, 6.45) is 0. The SMILES string of the molecule is COc1ccc(-c2cccc(C(=O)O)c2)cc1.[Na+]. The predicted molar refractivity (Wildman–Crippen MR) is 65.4 cm³/mol. The van der Waals surface area contributed by atoms with Crippen LogP contribution in [-0.4, -0.2) is 18.2 Å². The number of rotatable bonds is 3. The zero-order valence-corrected chi connectivity index (χ0v) is 12.4. The van der Waals surface area contributed by atoms with E-state index < -0.39 is 5.97 Å². The third-order valence-electron chi connectivity index (χ3n) is 2.53. The molecule has 2 rings (SSSR count). The number of ether oxygens (including phenoxy) is 1. The van der Waals surface area contributed by atoms with Gasteiger partial charge in [0.15, 0.2) is 0 Å². The Bertz CT molecular complexity index is 535. The van der Waals surface area contributed by atoms with Crippen LogP contribution in [0.1, 0.15) is 10.4 Å². The number of carbonyl (C=O) groups is 1. The maximum Gasteiger partial charge on any atom is 1.00 e. The van der Waals surface area contributed by atoms with Crippen molar-refractivity contribution in [3.8, 4) is 16.9 Å². The molecular weight excluding hydrogens is 239 g/mol. The molecule has 2 aromatic carbocycles. The van der Waals surface area contributed by atoms with E-state index in [-0.39, 0.29) is 29.6 Å². The maximum atomic E-state index is 10.9. The zero-order chi connectivity index (χ0) is 12.3. The molecule has 3 nitrogen and oxygen atoms in total. The molecule has 0 saturated heterocycles. The summed E-state index contributed by atoms with van der Waals surface area (Å²) >= 11 is 0. The second-order valence-corrected chi connectivity index (χ2v) is 3.61. The van der Waals surface area contributed by atoms with Crippen LogP contribution in [0, 0.1) is 0 Å². The van der Waals surface area contributed by atoms with E-state index in [1.165, 1.54) is 0 Å². The van der Waals surface area contributed by atoms with E-state index in [1.807, 2.05) is 30.3 Å². The molecule has 0 spiro atoms. The minimum atomic E-state index is -0.916. The van der Waals surface area contributed by atoms with Crippen molar-refractivity contribution < 1.29 is 44.2 Å². The Balaban J connectivity index is 0.00000162. The molecule has 0 unspecified atom stereocenters. The van der Waals surface area contributed by atoms with Gasteiger partial charge in [-0.15, -0.1) is 0 Å². The minimum Gasteiger partial charge on any atom is -0.497 e. The molecular formula is C14H12NaO3+. The van der Waals surface area contributed by atoms with Crippen LogP contribution in [0.2, 0.25) is 0 Å². The third kappa shape index (κ3) is 3.35. The van der Waals surface area contributed by atoms with E-state index in [1.54, 1.807) is 25.3 Å². The number of hydrogen-bond donors (Lipinski definition) is 1. The molecule has 1 N–H and O–H groups in total. The summed E-state index contributed by atoms with van der Waals surface area (Å²) in [5.74, 6) is -0.136. The third-order valence-corrected chi connectivity index (χ3v) is 2.53. The molecule has 0 atom stereocenters. The average molecular weight is 251 g/mol. The quantitative estimate of drug-likeness (QED) is 0.785. The molecule has 2 aromatic rings. The standard InChI is InChI=1S/C14H12O3.Na/c1-17-13-7-5-10(6-8-13)11-3-2-4-12(9-11)14(15)16;/h2-9H,1H3,(H,15,16);/q;+1. The number of carboxylic acid groups (broad SMARTS) is 1. The maximum absolute atomic E-state index is 10.9. The van der Waals surface area contributed by atoms with Gasteiger partial charge in [0, 0.05) is 0 Å². The Kier molecular flexibility index (Phi) is 5.41. The van der Waals surface area contributed by atoms with Gasteiger partial charge in [0.1, 0.15) is 5.75 Å². The number of methoxy groups -OCH3 is 1. The van der Waals surface area contributed by atoms with Crippen molar-refractivity contribution in [3.05, 3.63) is 54.1 Å². The van der Waals surface area contributed by atoms with Crippen molar-refractivity contribution in [2.24, 2.45) is 0 Å². The fourth-order valence-electron chi connectivity index (χ4n) is 1.62. The summed E-state index contributed by atoms with van der Waals surface area (Å²) in [7, 11) is 1.61. The van der Waals surface area contributed by atoms with Crippen molar-refractivity contribution >= 4 is 5.97 Å². The average Bonchev–Trinajstić information content (AvgIpc) is 2.39. The van der Waals surface area contributed by atoms with Crippen LogP contribution in [0.3, 0.4) is 0 Å². The van der Waals surface area contributed by atoms with Gasteiger partial charge in [0.05, 0.1) is 12.7 Å². The van der Waals surface area contributed by atoms with Gasteiger partial charge in [0.25, 0.3) is 0 Å². The molecule has 0 heterocycles. The van der Waals surface area contributed by atoms with E-state index in [4.69, 9.17) is 9.84 Å².